The first-order valence-corrected chi connectivity index (χ1v) is 17.6. The average Bonchev–Trinajstić information content (AvgIpc) is 3.80. The number of carbonyl (C=O) groups is 3. The van der Waals surface area contributed by atoms with Crippen molar-refractivity contribution < 1.29 is 28.2 Å². The van der Waals surface area contributed by atoms with E-state index in [4.69, 9.17) is 9.47 Å². The van der Waals surface area contributed by atoms with Crippen LogP contribution in [0.2, 0.25) is 0 Å². The van der Waals surface area contributed by atoms with Gasteiger partial charge in [0.1, 0.15) is 17.3 Å². The van der Waals surface area contributed by atoms with Crippen molar-refractivity contribution in [2.45, 2.75) is 22.6 Å². The topological polar surface area (TPSA) is 118 Å². The van der Waals surface area contributed by atoms with E-state index in [1.165, 1.54) is 29.2 Å². The van der Waals surface area contributed by atoms with Crippen molar-refractivity contribution in [2.75, 3.05) is 23.9 Å². The van der Waals surface area contributed by atoms with Crippen LogP contribution in [-0.4, -0.2) is 41.7 Å². The fourth-order valence-electron chi connectivity index (χ4n) is 8.12. The molecule has 8 rings (SSSR count). The van der Waals surface area contributed by atoms with Crippen molar-refractivity contribution in [3.63, 3.8) is 0 Å². The number of H-pyrrole nitrogens is 1. The molecule has 3 aromatic carbocycles. The minimum Gasteiger partial charge on any atom is -0.497 e. The molecule has 3 fully saturated rings. The molecule has 3 amide bonds. The molecule has 3 heterocycles. The average molecular weight is 737 g/mol. The largest absolute Gasteiger partial charge is 0.497 e. The number of hydrogen-bond acceptors (Lipinski definition) is 8. The molecular formula is C34H27BrFN3O6S2. The number of amides is 3. The van der Waals surface area contributed by atoms with Gasteiger partial charge in [-0.15, -0.1) is 11.8 Å². The van der Waals surface area contributed by atoms with E-state index < -0.39 is 23.6 Å². The zero-order valence-corrected chi connectivity index (χ0v) is 28.0. The predicted octanol–water partition coefficient (Wildman–Crippen LogP) is 6.04. The van der Waals surface area contributed by atoms with E-state index in [-0.39, 0.29) is 52.2 Å². The van der Waals surface area contributed by atoms with Crippen LogP contribution in [0.3, 0.4) is 0 Å². The molecule has 2 saturated carbocycles. The van der Waals surface area contributed by atoms with Crippen molar-refractivity contribution >= 4 is 68.1 Å². The fraction of sp³-hybridized carbons (Fsp3) is 0.294. The van der Waals surface area contributed by atoms with E-state index in [2.05, 4.69) is 26.2 Å². The molecular weight excluding hydrogens is 709 g/mol. The van der Waals surface area contributed by atoms with Gasteiger partial charge < -0.3 is 19.8 Å². The van der Waals surface area contributed by atoms with Gasteiger partial charge in [-0.05, 0) is 90.9 Å². The SMILES string of the molecule is COc1ccc(N2C(=O)C3C(C2=O)[C@@H]2C[C@H]3C3Sc4[nH]c(=O)sc4[C@H](c4cc(Br)ccc4OCC(=O)Nc4ccc(F)cc4)C32)cc1. The highest BCUT2D eigenvalue weighted by Gasteiger charge is 2.69. The van der Waals surface area contributed by atoms with Gasteiger partial charge in [-0.3, -0.25) is 24.1 Å². The molecule has 2 bridgehead atoms. The first-order valence-electron chi connectivity index (χ1n) is 15.1. The van der Waals surface area contributed by atoms with Crippen LogP contribution in [0.4, 0.5) is 15.8 Å². The van der Waals surface area contributed by atoms with Crippen molar-refractivity contribution in [3.8, 4) is 11.5 Å². The molecule has 2 N–H and O–H groups in total. The van der Waals surface area contributed by atoms with Crippen LogP contribution < -0.4 is 24.6 Å². The Morgan fingerprint density at radius 2 is 1.74 bits per heavy atom. The highest BCUT2D eigenvalue weighted by molar-refractivity contribution is 9.10. The monoisotopic (exact) mass is 735 g/mol. The van der Waals surface area contributed by atoms with E-state index in [0.29, 0.717) is 22.9 Å². The summed E-state index contributed by atoms with van der Waals surface area (Å²) in [5.41, 5.74) is 1.78. The van der Waals surface area contributed by atoms with Gasteiger partial charge >= 0.3 is 4.87 Å². The van der Waals surface area contributed by atoms with Crippen LogP contribution in [0.5, 0.6) is 11.5 Å². The van der Waals surface area contributed by atoms with Gasteiger partial charge in [-0.2, -0.15) is 0 Å². The van der Waals surface area contributed by atoms with Crippen LogP contribution in [0.25, 0.3) is 0 Å². The zero-order chi connectivity index (χ0) is 32.6. The molecule has 7 atom stereocenters. The number of methoxy groups -OCH3 is 1. The number of aromatic amines is 1. The number of fused-ring (bicyclic) bond motifs is 9. The van der Waals surface area contributed by atoms with Crippen LogP contribution in [0.1, 0.15) is 22.8 Å². The molecule has 1 saturated heterocycles. The van der Waals surface area contributed by atoms with Crippen molar-refractivity contribution in [1.82, 2.24) is 4.98 Å². The summed E-state index contributed by atoms with van der Waals surface area (Å²) >= 11 is 6.37. The van der Waals surface area contributed by atoms with Gasteiger partial charge in [0.2, 0.25) is 11.8 Å². The number of anilines is 2. The molecule has 47 heavy (non-hydrogen) atoms. The number of halogens is 2. The van der Waals surface area contributed by atoms with Crippen LogP contribution in [-0.2, 0) is 14.4 Å². The Kier molecular flexibility index (Phi) is 7.53. The smallest absolute Gasteiger partial charge is 0.305 e. The van der Waals surface area contributed by atoms with E-state index in [0.717, 1.165) is 37.7 Å². The Labute approximate surface area is 285 Å². The summed E-state index contributed by atoms with van der Waals surface area (Å²) < 4.78 is 25.5. The van der Waals surface area contributed by atoms with Gasteiger partial charge in [-0.25, -0.2) is 4.39 Å². The van der Waals surface area contributed by atoms with E-state index in [1.807, 2.05) is 12.1 Å². The second-order valence-corrected chi connectivity index (χ2v) is 15.3. The maximum Gasteiger partial charge on any atom is 0.305 e. The number of benzene rings is 3. The molecule has 4 aliphatic rings. The van der Waals surface area contributed by atoms with Crippen LogP contribution in [0, 0.1) is 35.4 Å². The third kappa shape index (κ3) is 5.01. The highest BCUT2D eigenvalue weighted by atomic mass is 79.9. The lowest BCUT2D eigenvalue weighted by Gasteiger charge is -2.43. The summed E-state index contributed by atoms with van der Waals surface area (Å²) in [6.45, 7) is -0.293. The normalized spacial score (nSPS) is 27.0. The lowest BCUT2D eigenvalue weighted by atomic mass is 9.68. The van der Waals surface area contributed by atoms with Crippen LogP contribution in [0.15, 0.2) is 81.0 Å². The summed E-state index contributed by atoms with van der Waals surface area (Å²) in [5, 5.41) is 3.49. The van der Waals surface area contributed by atoms with Crippen molar-refractivity contribution in [3.05, 3.63) is 97.1 Å². The van der Waals surface area contributed by atoms with Gasteiger partial charge in [0, 0.05) is 31.8 Å². The highest BCUT2D eigenvalue weighted by Crippen LogP contribution is 2.69. The summed E-state index contributed by atoms with van der Waals surface area (Å²) in [5.74, 6) is -1.43. The Bertz CT molecular complexity index is 1980. The van der Waals surface area contributed by atoms with E-state index in [9.17, 15) is 23.6 Å². The Balaban J connectivity index is 1.13. The second-order valence-electron chi connectivity index (χ2n) is 12.2. The maximum absolute atomic E-state index is 14.1. The molecule has 4 unspecified atom stereocenters. The quantitative estimate of drug-likeness (QED) is 0.222. The maximum atomic E-state index is 14.1. The van der Waals surface area contributed by atoms with Crippen LogP contribution >= 0.6 is 39.0 Å². The number of ether oxygens (including phenoxy) is 2. The number of rotatable bonds is 7. The minimum atomic E-state index is -0.464. The van der Waals surface area contributed by atoms with Gasteiger partial charge in [0.15, 0.2) is 6.61 Å². The minimum absolute atomic E-state index is 0.00910. The number of thioether (sulfide) groups is 1. The van der Waals surface area contributed by atoms with E-state index in [1.54, 1.807) is 49.2 Å². The number of nitrogens with zero attached hydrogens (tertiary/aromatic N) is 1. The van der Waals surface area contributed by atoms with E-state index >= 15 is 0 Å². The lowest BCUT2D eigenvalue weighted by Crippen LogP contribution is -2.42. The number of hydrogen-bond donors (Lipinski definition) is 2. The molecule has 1 aromatic heterocycles. The van der Waals surface area contributed by atoms with Crippen molar-refractivity contribution in [2.24, 2.45) is 29.6 Å². The zero-order valence-electron chi connectivity index (χ0n) is 24.8. The standard InChI is InChI=1S/C34H27BrFN3O6S2/c1-44-19-9-7-18(8-10-19)39-32(41)27-21-13-22(28(27)33(39)42)29-26(21)25(30-31(46-29)38-34(43)47-30)20-12-15(35)2-11-23(20)45-14-24(40)37-17-5-3-16(36)4-6-17/h2-12,21-22,25-29H,13-14H2,1H3,(H,37,40)(H,38,43)/t21-,22-,25-,26?,27?,28?,29?/m1/s1. The number of nitrogens with one attached hydrogen (secondary N) is 2. The predicted molar refractivity (Wildman–Crippen MR) is 179 cm³/mol. The Hall–Kier alpha value is -3.94. The summed E-state index contributed by atoms with van der Waals surface area (Å²) in [6.07, 6.45) is 0.742. The summed E-state index contributed by atoms with van der Waals surface area (Å²) in [6, 6.07) is 18.0. The Morgan fingerprint density at radius 3 is 2.47 bits per heavy atom. The number of imide groups is 1. The number of carbonyl (C=O) groups excluding carboxylic acids is 3. The number of aromatic nitrogens is 1. The molecule has 13 heteroatoms. The lowest BCUT2D eigenvalue weighted by molar-refractivity contribution is -0.123. The van der Waals surface area contributed by atoms with Gasteiger partial charge in [-0.1, -0.05) is 27.3 Å². The van der Waals surface area contributed by atoms with Gasteiger partial charge in [0.05, 0.1) is 29.7 Å². The third-order valence-corrected chi connectivity index (χ3v) is 12.9. The molecule has 2 aliphatic heterocycles. The third-order valence-electron chi connectivity index (χ3n) is 9.85. The first-order chi connectivity index (χ1) is 22.7. The molecule has 2 aliphatic carbocycles. The second kappa shape index (κ2) is 11.6. The Morgan fingerprint density at radius 1 is 1.02 bits per heavy atom. The summed E-state index contributed by atoms with van der Waals surface area (Å²) in [7, 11) is 1.57. The molecule has 4 aromatic rings. The first kappa shape index (κ1) is 30.4. The number of thiazole rings is 1. The van der Waals surface area contributed by atoms with Gasteiger partial charge in [0.25, 0.3) is 5.91 Å². The molecule has 9 nitrogen and oxygen atoms in total. The summed E-state index contributed by atoms with van der Waals surface area (Å²) in [4.78, 5) is 58.7. The molecule has 240 valence electrons. The molecule has 0 radical (unpaired) electrons. The fourth-order valence-corrected chi connectivity index (χ4v) is 11.4. The molecule has 0 spiro atoms. The van der Waals surface area contributed by atoms with Crippen molar-refractivity contribution in [1.29, 1.82) is 0 Å².